The number of hydrogen-bond acceptors (Lipinski definition) is 3. The number of carbonyl (C=O) groups excluding carboxylic acids is 1. The van der Waals surface area contributed by atoms with Crippen LogP contribution in [0.25, 0.3) is 0 Å². The van der Waals surface area contributed by atoms with Crippen molar-refractivity contribution >= 4 is 45.4 Å². The summed E-state index contributed by atoms with van der Waals surface area (Å²) in [6.45, 7) is 0. The minimum absolute atomic E-state index is 0.0886. The van der Waals surface area contributed by atoms with Crippen LogP contribution in [0.15, 0.2) is 52.3 Å². The highest BCUT2D eigenvalue weighted by molar-refractivity contribution is 9.09. The SMILES string of the molecule is O=CC(CBr)c1ccc2c(c1)Nc1ccccc1S2. The minimum Gasteiger partial charge on any atom is -0.354 e. The molecular formula is C15H12BrNOS. The average molecular weight is 334 g/mol. The maximum atomic E-state index is 11.0. The highest BCUT2D eigenvalue weighted by Gasteiger charge is 2.17. The molecule has 0 saturated heterocycles. The van der Waals surface area contributed by atoms with E-state index in [1.165, 1.54) is 9.79 Å². The van der Waals surface area contributed by atoms with Crippen molar-refractivity contribution in [1.29, 1.82) is 0 Å². The summed E-state index contributed by atoms with van der Waals surface area (Å²) in [5.74, 6) is -0.0886. The van der Waals surface area contributed by atoms with E-state index in [2.05, 4.69) is 45.5 Å². The summed E-state index contributed by atoms with van der Waals surface area (Å²) in [5.41, 5.74) is 3.24. The van der Waals surface area contributed by atoms with E-state index in [-0.39, 0.29) is 5.92 Å². The van der Waals surface area contributed by atoms with Gasteiger partial charge in [-0.05, 0) is 29.8 Å². The highest BCUT2D eigenvalue weighted by atomic mass is 79.9. The molecule has 1 heterocycles. The Labute approximate surface area is 124 Å². The topological polar surface area (TPSA) is 29.1 Å². The van der Waals surface area contributed by atoms with Crippen molar-refractivity contribution in [2.75, 3.05) is 10.6 Å². The van der Waals surface area contributed by atoms with Crippen molar-refractivity contribution in [3.63, 3.8) is 0 Å². The van der Waals surface area contributed by atoms with Gasteiger partial charge < -0.3 is 10.1 Å². The van der Waals surface area contributed by atoms with Gasteiger partial charge in [0.25, 0.3) is 0 Å². The third-order valence-corrected chi connectivity index (χ3v) is 4.99. The Balaban J connectivity index is 1.98. The van der Waals surface area contributed by atoms with Crippen molar-refractivity contribution in [3.05, 3.63) is 48.0 Å². The Bertz CT molecular complexity index is 629. The normalized spacial score (nSPS) is 13.9. The van der Waals surface area contributed by atoms with E-state index in [0.717, 1.165) is 23.2 Å². The van der Waals surface area contributed by atoms with E-state index in [0.29, 0.717) is 5.33 Å². The van der Waals surface area contributed by atoms with Crippen molar-refractivity contribution in [2.45, 2.75) is 15.7 Å². The van der Waals surface area contributed by atoms with Gasteiger partial charge in [0, 0.05) is 21.0 Å². The molecule has 1 atom stereocenters. The summed E-state index contributed by atoms with van der Waals surface area (Å²) in [6.07, 6.45) is 0.987. The lowest BCUT2D eigenvalue weighted by molar-refractivity contribution is -0.108. The predicted molar refractivity (Wildman–Crippen MR) is 82.9 cm³/mol. The zero-order valence-electron chi connectivity index (χ0n) is 10.1. The first kappa shape index (κ1) is 12.8. The third-order valence-electron chi connectivity index (χ3n) is 3.14. The van der Waals surface area contributed by atoms with Crippen LogP contribution in [0.1, 0.15) is 11.5 Å². The van der Waals surface area contributed by atoms with E-state index in [1.54, 1.807) is 11.8 Å². The maximum Gasteiger partial charge on any atom is 0.128 e. The molecular weight excluding hydrogens is 322 g/mol. The average Bonchev–Trinajstić information content (AvgIpc) is 2.46. The molecule has 1 N–H and O–H groups in total. The predicted octanol–water partition coefficient (Wildman–Crippen LogP) is 4.57. The first-order chi connectivity index (χ1) is 9.31. The molecule has 0 amide bonds. The number of nitrogens with one attached hydrogen (secondary N) is 1. The van der Waals surface area contributed by atoms with Crippen LogP contribution >= 0.6 is 27.7 Å². The molecule has 0 bridgehead atoms. The van der Waals surface area contributed by atoms with Crippen LogP contribution in [0.4, 0.5) is 11.4 Å². The Hall–Kier alpha value is -1.26. The number of halogens is 1. The van der Waals surface area contributed by atoms with Gasteiger partial charge in [-0.25, -0.2) is 0 Å². The summed E-state index contributed by atoms with van der Waals surface area (Å²) < 4.78 is 0. The Morgan fingerprint density at radius 2 is 1.95 bits per heavy atom. The van der Waals surface area contributed by atoms with Gasteiger partial charge in [-0.15, -0.1) is 0 Å². The van der Waals surface area contributed by atoms with Crippen LogP contribution in [0.5, 0.6) is 0 Å². The molecule has 0 fully saturated rings. The number of benzene rings is 2. The molecule has 0 radical (unpaired) electrons. The van der Waals surface area contributed by atoms with Crippen LogP contribution in [0.2, 0.25) is 0 Å². The second kappa shape index (κ2) is 5.39. The minimum atomic E-state index is -0.0886. The van der Waals surface area contributed by atoms with Crippen LogP contribution in [0, 0.1) is 0 Å². The zero-order valence-corrected chi connectivity index (χ0v) is 12.5. The molecule has 0 saturated carbocycles. The van der Waals surface area contributed by atoms with Gasteiger partial charge in [0.1, 0.15) is 6.29 Å². The van der Waals surface area contributed by atoms with E-state index < -0.39 is 0 Å². The second-order valence-corrected chi connectivity index (χ2v) is 6.11. The number of aldehydes is 1. The van der Waals surface area contributed by atoms with Crippen LogP contribution < -0.4 is 5.32 Å². The van der Waals surface area contributed by atoms with Gasteiger partial charge in [-0.3, -0.25) is 0 Å². The molecule has 2 aromatic rings. The molecule has 2 aromatic carbocycles. The van der Waals surface area contributed by atoms with E-state index in [9.17, 15) is 4.79 Å². The number of anilines is 2. The first-order valence-corrected chi connectivity index (χ1v) is 7.94. The molecule has 1 unspecified atom stereocenters. The van der Waals surface area contributed by atoms with Gasteiger partial charge in [-0.1, -0.05) is 45.9 Å². The van der Waals surface area contributed by atoms with E-state index in [1.807, 2.05) is 18.2 Å². The van der Waals surface area contributed by atoms with Crippen molar-refractivity contribution in [1.82, 2.24) is 0 Å². The fourth-order valence-electron chi connectivity index (χ4n) is 2.09. The molecule has 96 valence electrons. The molecule has 4 heteroatoms. The molecule has 1 aliphatic heterocycles. The van der Waals surface area contributed by atoms with Gasteiger partial charge in [0.05, 0.1) is 11.4 Å². The lowest BCUT2D eigenvalue weighted by atomic mass is 10.0. The lowest BCUT2D eigenvalue weighted by Crippen LogP contribution is -2.05. The fraction of sp³-hybridized carbons (Fsp3) is 0.133. The Morgan fingerprint density at radius 1 is 1.16 bits per heavy atom. The molecule has 0 aliphatic carbocycles. The Morgan fingerprint density at radius 3 is 2.74 bits per heavy atom. The van der Waals surface area contributed by atoms with Gasteiger partial charge in [-0.2, -0.15) is 0 Å². The third kappa shape index (κ3) is 2.42. The highest BCUT2D eigenvalue weighted by Crippen LogP contribution is 2.44. The van der Waals surface area contributed by atoms with Crippen LogP contribution in [-0.4, -0.2) is 11.6 Å². The summed E-state index contributed by atoms with van der Waals surface area (Å²) in [7, 11) is 0. The van der Waals surface area contributed by atoms with Crippen molar-refractivity contribution in [3.8, 4) is 0 Å². The first-order valence-electron chi connectivity index (χ1n) is 6.01. The van der Waals surface area contributed by atoms with Gasteiger partial charge in [0.15, 0.2) is 0 Å². The molecule has 3 rings (SSSR count). The van der Waals surface area contributed by atoms with E-state index >= 15 is 0 Å². The fourth-order valence-corrected chi connectivity index (χ4v) is 3.59. The number of fused-ring (bicyclic) bond motifs is 2. The largest absolute Gasteiger partial charge is 0.354 e. The summed E-state index contributed by atoms with van der Waals surface area (Å²) in [5, 5.41) is 4.08. The van der Waals surface area contributed by atoms with Crippen molar-refractivity contribution < 1.29 is 4.79 Å². The van der Waals surface area contributed by atoms with Gasteiger partial charge >= 0.3 is 0 Å². The molecule has 19 heavy (non-hydrogen) atoms. The molecule has 2 nitrogen and oxygen atoms in total. The maximum absolute atomic E-state index is 11.0. The number of carbonyl (C=O) groups is 1. The second-order valence-electron chi connectivity index (χ2n) is 4.38. The quantitative estimate of drug-likeness (QED) is 0.562. The summed E-state index contributed by atoms with van der Waals surface area (Å²) in [6, 6.07) is 14.4. The smallest absolute Gasteiger partial charge is 0.128 e. The van der Waals surface area contributed by atoms with Crippen molar-refractivity contribution in [2.24, 2.45) is 0 Å². The molecule has 0 spiro atoms. The number of para-hydroxylation sites is 1. The zero-order chi connectivity index (χ0) is 13.2. The molecule has 0 aromatic heterocycles. The van der Waals surface area contributed by atoms with Crippen LogP contribution in [-0.2, 0) is 4.79 Å². The summed E-state index contributed by atoms with van der Waals surface area (Å²) >= 11 is 5.13. The van der Waals surface area contributed by atoms with Crippen LogP contribution in [0.3, 0.4) is 0 Å². The number of alkyl halides is 1. The molecule has 1 aliphatic rings. The number of hydrogen-bond donors (Lipinski definition) is 1. The monoisotopic (exact) mass is 333 g/mol. The standard InChI is InChI=1S/C15H12BrNOS/c16-8-11(9-18)10-5-6-15-13(7-10)17-12-3-1-2-4-14(12)19-15/h1-7,9,11,17H,8H2. The lowest BCUT2D eigenvalue weighted by Gasteiger charge is -2.22. The summed E-state index contributed by atoms with van der Waals surface area (Å²) in [4.78, 5) is 13.5. The van der Waals surface area contributed by atoms with Gasteiger partial charge in [0.2, 0.25) is 0 Å². The Kier molecular flexibility index (Phi) is 3.62. The van der Waals surface area contributed by atoms with E-state index in [4.69, 9.17) is 0 Å². The number of rotatable bonds is 3.